The van der Waals surface area contributed by atoms with Crippen LogP contribution in [0.2, 0.25) is 0 Å². The second kappa shape index (κ2) is 9.03. The molecule has 2 unspecified atom stereocenters. The van der Waals surface area contributed by atoms with Crippen molar-refractivity contribution in [3.05, 3.63) is 29.8 Å². The van der Waals surface area contributed by atoms with Crippen LogP contribution in [0.15, 0.2) is 24.3 Å². The molecule has 1 saturated carbocycles. The van der Waals surface area contributed by atoms with Gasteiger partial charge in [-0.15, -0.1) is 0 Å². The van der Waals surface area contributed by atoms with E-state index < -0.39 is 0 Å². The van der Waals surface area contributed by atoms with Crippen LogP contribution in [0.4, 0.5) is 4.79 Å². The summed E-state index contributed by atoms with van der Waals surface area (Å²) in [5, 5.41) is 6.16. The Hall–Kier alpha value is -2.28. The van der Waals surface area contributed by atoms with Gasteiger partial charge in [0.1, 0.15) is 11.8 Å². The van der Waals surface area contributed by atoms with Crippen molar-refractivity contribution in [3.63, 3.8) is 0 Å². The maximum atomic E-state index is 12.9. The molecule has 2 heterocycles. The molecular formula is C22H32N4O3. The number of methoxy groups -OCH3 is 1. The van der Waals surface area contributed by atoms with Crippen LogP contribution in [-0.2, 0) is 4.79 Å². The molecule has 2 atom stereocenters. The molecule has 0 radical (unpaired) electrons. The third-order valence-electron chi connectivity index (χ3n) is 6.27. The molecule has 1 aliphatic carbocycles. The van der Waals surface area contributed by atoms with Gasteiger partial charge in [-0.3, -0.25) is 9.69 Å². The molecule has 0 bridgehead atoms. The van der Waals surface area contributed by atoms with Crippen LogP contribution in [-0.4, -0.2) is 67.1 Å². The summed E-state index contributed by atoms with van der Waals surface area (Å²) in [5.41, 5.74) is 1.18. The Bertz CT molecular complexity index is 713. The summed E-state index contributed by atoms with van der Waals surface area (Å²) in [5.74, 6) is 0.839. The van der Waals surface area contributed by atoms with E-state index in [1.807, 2.05) is 12.1 Å². The first-order chi connectivity index (χ1) is 14.2. The lowest BCUT2D eigenvalue weighted by atomic mass is 10.1. The summed E-state index contributed by atoms with van der Waals surface area (Å²) >= 11 is 0. The summed E-state index contributed by atoms with van der Waals surface area (Å²) in [6, 6.07) is 8.10. The smallest absolute Gasteiger partial charge is 0.318 e. The Kier molecular flexibility index (Phi) is 6.23. The van der Waals surface area contributed by atoms with E-state index in [1.54, 1.807) is 12.0 Å². The predicted molar refractivity (Wildman–Crippen MR) is 111 cm³/mol. The first-order valence-electron chi connectivity index (χ1n) is 10.9. The van der Waals surface area contributed by atoms with Gasteiger partial charge in [-0.1, -0.05) is 12.1 Å². The van der Waals surface area contributed by atoms with Crippen LogP contribution in [0.1, 0.15) is 50.1 Å². The number of likely N-dealkylation sites (tertiary alicyclic amines) is 2. The number of nitrogens with one attached hydrogen (secondary N) is 2. The zero-order valence-corrected chi connectivity index (χ0v) is 17.2. The van der Waals surface area contributed by atoms with E-state index in [0.717, 1.165) is 44.5 Å². The van der Waals surface area contributed by atoms with Crippen LogP contribution in [0.25, 0.3) is 0 Å². The van der Waals surface area contributed by atoms with Crippen LogP contribution in [0.3, 0.4) is 0 Å². The SMILES string of the molecule is COc1ccc(C(CNC(=O)N2CCCC2C(=O)NC2CC2)N2CCCC2)cc1. The van der Waals surface area contributed by atoms with Crippen molar-refractivity contribution in [1.82, 2.24) is 20.4 Å². The van der Waals surface area contributed by atoms with Crippen molar-refractivity contribution in [2.45, 2.75) is 56.7 Å². The molecule has 0 spiro atoms. The minimum atomic E-state index is -0.332. The summed E-state index contributed by atoms with van der Waals surface area (Å²) < 4.78 is 5.28. The monoisotopic (exact) mass is 400 g/mol. The molecular weight excluding hydrogens is 368 g/mol. The van der Waals surface area contributed by atoms with E-state index in [-0.39, 0.29) is 24.0 Å². The quantitative estimate of drug-likeness (QED) is 0.737. The van der Waals surface area contributed by atoms with E-state index in [1.165, 1.54) is 18.4 Å². The van der Waals surface area contributed by atoms with Crippen molar-refractivity contribution in [2.75, 3.05) is 33.3 Å². The Morgan fingerprint density at radius 1 is 1.07 bits per heavy atom. The third-order valence-corrected chi connectivity index (χ3v) is 6.27. The van der Waals surface area contributed by atoms with Crippen molar-refractivity contribution in [2.24, 2.45) is 0 Å². The number of hydrogen-bond acceptors (Lipinski definition) is 4. The fourth-order valence-corrected chi connectivity index (χ4v) is 4.43. The fraction of sp³-hybridized carbons (Fsp3) is 0.636. The predicted octanol–water partition coefficient (Wildman–Crippen LogP) is 2.28. The van der Waals surface area contributed by atoms with Crippen molar-refractivity contribution >= 4 is 11.9 Å². The van der Waals surface area contributed by atoms with Crippen molar-refractivity contribution in [3.8, 4) is 5.75 Å². The minimum absolute atomic E-state index is 0.00592. The van der Waals surface area contributed by atoms with Crippen LogP contribution in [0, 0.1) is 0 Å². The van der Waals surface area contributed by atoms with E-state index in [4.69, 9.17) is 4.74 Å². The lowest BCUT2D eigenvalue weighted by molar-refractivity contribution is -0.124. The number of hydrogen-bond donors (Lipinski definition) is 2. The molecule has 2 N–H and O–H groups in total. The summed E-state index contributed by atoms with van der Waals surface area (Å²) in [6.07, 6.45) is 6.13. The average molecular weight is 401 g/mol. The molecule has 29 heavy (non-hydrogen) atoms. The fourth-order valence-electron chi connectivity index (χ4n) is 4.43. The van der Waals surface area contributed by atoms with Gasteiger partial charge in [0.2, 0.25) is 5.91 Å². The van der Waals surface area contributed by atoms with Gasteiger partial charge in [-0.05, 0) is 69.3 Å². The zero-order chi connectivity index (χ0) is 20.2. The summed E-state index contributed by atoms with van der Waals surface area (Å²) in [7, 11) is 1.67. The van der Waals surface area contributed by atoms with Gasteiger partial charge in [0.05, 0.1) is 13.2 Å². The second-order valence-electron chi connectivity index (χ2n) is 8.35. The second-order valence-corrected chi connectivity index (χ2v) is 8.35. The van der Waals surface area contributed by atoms with Gasteiger partial charge in [0.25, 0.3) is 0 Å². The molecule has 4 rings (SSSR count). The molecule has 0 aromatic heterocycles. The normalized spacial score (nSPS) is 23.1. The molecule has 2 aliphatic heterocycles. The molecule has 3 fully saturated rings. The zero-order valence-electron chi connectivity index (χ0n) is 17.2. The maximum absolute atomic E-state index is 12.9. The van der Waals surface area contributed by atoms with Crippen LogP contribution >= 0.6 is 0 Å². The highest BCUT2D eigenvalue weighted by Gasteiger charge is 2.36. The first-order valence-corrected chi connectivity index (χ1v) is 10.9. The molecule has 1 aromatic rings. The van der Waals surface area contributed by atoms with Crippen molar-refractivity contribution < 1.29 is 14.3 Å². The Morgan fingerprint density at radius 3 is 2.45 bits per heavy atom. The van der Waals surface area contributed by atoms with Crippen molar-refractivity contribution in [1.29, 1.82) is 0 Å². The van der Waals surface area contributed by atoms with Gasteiger partial charge in [0, 0.05) is 19.1 Å². The number of nitrogens with zero attached hydrogens (tertiary/aromatic N) is 2. The summed E-state index contributed by atoms with van der Waals surface area (Å²) in [6.45, 7) is 3.27. The van der Waals surface area contributed by atoms with Gasteiger partial charge >= 0.3 is 6.03 Å². The number of carbonyl (C=O) groups excluding carboxylic acids is 2. The van der Waals surface area contributed by atoms with E-state index in [9.17, 15) is 9.59 Å². The number of amides is 3. The summed E-state index contributed by atoms with van der Waals surface area (Å²) in [4.78, 5) is 29.5. The average Bonchev–Trinajstić information content (AvgIpc) is 3.21. The number of rotatable bonds is 7. The lowest BCUT2D eigenvalue weighted by Gasteiger charge is -2.30. The van der Waals surface area contributed by atoms with Gasteiger partial charge < -0.3 is 20.3 Å². The molecule has 3 amide bonds. The number of benzene rings is 1. The highest BCUT2D eigenvalue weighted by atomic mass is 16.5. The molecule has 3 aliphatic rings. The third kappa shape index (κ3) is 4.83. The van der Waals surface area contributed by atoms with Gasteiger partial charge in [-0.25, -0.2) is 4.79 Å². The highest BCUT2D eigenvalue weighted by molar-refractivity contribution is 5.88. The Labute approximate surface area is 172 Å². The van der Waals surface area contributed by atoms with Crippen LogP contribution in [0.5, 0.6) is 5.75 Å². The number of carbonyl (C=O) groups is 2. The molecule has 7 heteroatoms. The molecule has 2 saturated heterocycles. The molecule has 1 aromatic carbocycles. The topological polar surface area (TPSA) is 73.9 Å². The molecule has 158 valence electrons. The van der Waals surface area contributed by atoms with Crippen LogP contribution < -0.4 is 15.4 Å². The van der Waals surface area contributed by atoms with E-state index >= 15 is 0 Å². The van der Waals surface area contributed by atoms with Gasteiger partial charge in [-0.2, -0.15) is 0 Å². The van der Waals surface area contributed by atoms with E-state index in [0.29, 0.717) is 19.1 Å². The first kappa shape index (κ1) is 20.0. The number of urea groups is 1. The van der Waals surface area contributed by atoms with E-state index in [2.05, 4.69) is 27.7 Å². The maximum Gasteiger partial charge on any atom is 0.318 e. The van der Waals surface area contributed by atoms with Gasteiger partial charge in [0.15, 0.2) is 0 Å². The Balaban J connectivity index is 1.39. The largest absolute Gasteiger partial charge is 0.497 e. The molecule has 7 nitrogen and oxygen atoms in total. The minimum Gasteiger partial charge on any atom is -0.497 e. The standard InChI is InChI=1S/C22H32N4O3/c1-29-18-10-6-16(7-11-18)20(25-12-2-3-13-25)15-23-22(28)26-14-4-5-19(26)21(27)24-17-8-9-17/h6-7,10-11,17,19-20H,2-5,8-9,12-15H2,1H3,(H,23,28)(H,24,27). The lowest BCUT2D eigenvalue weighted by Crippen LogP contribution is -2.51. The highest BCUT2D eigenvalue weighted by Crippen LogP contribution is 2.27. The number of ether oxygens (including phenoxy) is 1. The Morgan fingerprint density at radius 2 is 1.79 bits per heavy atom.